The highest BCUT2D eigenvalue weighted by Crippen LogP contribution is 2.14. The van der Waals surface area contributed by atoms with Crippen LogP contribution in [-0.4, -0.2) is 28.9 Å². The normalized spacial score (nSPS) is 12.8. The molecule has 5 nitrogen and oxygen atoms in total. The first-order valence-electron chi connectivity index (χ1n) is 5.44. The van der Waals surface area contributed by atoms with Gasteiger partial charge in [-0.25, -0.2) is 4.79 Å². The van der Waals surface area contributed by atoms with Crippen molar-refractivity contribution in [1.29, 1.82) is 0 Å². The van der Waals surface area contributed by atoms with Gasteiger partial charge in [-0.1, -0.05) is 0 Å². The van der Waals surface area contributed by atoms with Crippen LogP contribution in [0.25, 0.3) is 0 Å². The third-order valence-corrected chi connectivity index (χ3v) is 2.25. The molecule has 1 rings (SSSR count). The molecule has 1 heterocycles. The second-order valence-corrected chi connectivity index (χ2v) is 3.91. The summed E-state index contributed by atoms with van der Waals surface area (Å²) in [5.41, 5.74) is 0.836. The van der Waals surface area contributed by atoms with Gasteiger partial charge in [-0.3, -0.25) is 10.00 Å². The summed E-state index contributed by atoms with van der Waals surface area (Å²) in [5, 5.41) is 7.30. The highest BCUT2D eigenvalue weighted by molar-refractivity contribution is 5.77. The monoisotopic (exact) mass is 225 g/mol. The fraction of sp³-hybridized carbons (Fsp3) is 0.636. The second kappa shape index (κ2) is 5.65. The maximum Gasteiger partial charge on any atom is 0.327 e. The van der Waals surface area contributed by atoms with Crippen molar-refractivity contribution in [2.75, 3.05) is 7.11 Å². The molecule has 0 saturated heterocycles. The molecule has 1 unspecified atom stereocenters. The number of nitrogens with zero attached hydrogens (tertiary/aromatic N) is 2. The average Bonchev–Trinajstić information content (AvgIpc) is 2.72. The van der Waals surface area contributed by atoms with Gasteiger partial charge < -0.3 is 4.74 Å². The summed E-state index contributed by atoms with van der Waals surface area (Å²) in [6.45, 7) is 6.76. The molecule has 1 N–H and O–H groups in total. The van der Waals surface area contributed by atoms with Crippen LogP contribution >= 0.6 is 0 Å². The van der Waals surface area contributed by atoms with Gasteiger partial charge in [0, 0.05) is 24.3 Å². The number of hydrogen-bond acceptors (Lipinski definition) is 4. The molecule has 90 valence electrons. The van der Waals surface area contributed by atoms with E-state index in [0.717, 1.165) is 12.1 Å². The second-order valence-electron chi connectivity index (χ2n) is 3.91. The first-order chi connectivity index (χ1) is 7.58. The SMILES string of the molecule is CCn1cc(C(NC(C)C)C(=O)OC)cn1. The first-order valence-corrected chi connectivity index (χ1v) is 5.44. The predicted octanol–water partition coefficient (Wildman–Crippen LogP) is 1.12. The average molecular weight is 225 g/mol. The van der Waals surface area contributed by atoms with Crippen molar-refractivity contribution in [2.24, 2.45) is 0 Å². The maximum absolute atomic E-state index is 11.6. The van der Waals surface area contributed by atoms with Crippen molar-refractivity contribution in [3.63, 3.8) is 0 Å². The molecule has 0 aliphatic heterocycles. The fourth-order valence-corrected chi connectivity index (χ4v) is 1.45. The summed E-state index contributed by atoms with van der Waals surface area (Å²) >= 11 is 0. The topological polar surface area (TPSA) is 56.2 Å². The maximum atomic E-state index is 11.6. The molecule has 0 saturated carbocycles. The summed E-state index contributed by atoms with van der Waals surface area (Å²) < 4.78 is 6.56. The lowest BCUT2D eigenvalue weighted by molar-refractivity contribution is -0.143. The lowest BCUT2D eigenvalue weighted by atomic mass is 10.1. The van der Waals surface area contributed by atoms with Crippen LogP contribution < -0.4 is 5.32 Å². The van der Waals surface area contributed by atoms with Gasteiger partial charge in [-0.15, -0.1) is 0 Å². The van der Waals surface area contributed by atoms with E-state index in [-0.39, 0.29) is 12.0 Å². The zero-order chi connectivity index (χ0) is 12.1. The molecule has 0 aromatic carbocycles. The van der Waals surface area contributed by atoms with Crippen LogP contribution in [0.3, 0.4) is 0 Å². The van der Waals surface area contributed by atoms with Gasteiger partial charge in [-0.2, -0.15) is 5.10 Å². The minimum Gasteiger partial charge on any atom is -0.468 e. The van der Waals surface area contributed by atoms with Gasteiger partial charge >= 0.3 is 5.97 Å². The summed E-state index contributed by atoms with van der Waals surface area (Å²) in [7, 11) is 1.39. The van der Waals surface area contributed by atoms with Crippen molar-refractivity contribution in [3.8, 4) is 0 Å². The summed E-state index contributed by atoms with van der Waals surface area (Å²) in [6.07, 6.45) is 3.55. The lowest BCUT2D eigenvalue weighted by Gasteiger charge is -2.17. The predicted molar refractivity (Wildman–Crippen MR) is 60.9 cm³/mol. The quantitative estimate of drug-likeness (QED) is 0.763. The summed E-state index contributed by atoms with van der Waals surface area (Å²) in [5.74, 6) is -0.288. The van der Waals surface area contributed by atoms with Crippen molar-refractivity contribution < 1.29 is 9.53 Å². The van der Waals surface area contributed by atoms with Crippen LogP contribution in [-0.2, 0) is 16.1 Å². The van der Waals surface area contributed by atoms with Gasteiger partial charge in [0.1, 0.15) is 6.04 Å². The molecule has 0 radical (unpaired) electrons. The van der Waals surface area contributed by atoms with Crippen LogP contribution in [0.1, 0.15) is 32.4 Å². The van der Waals surface area contributed by atoms with Crippen LogP contribution in [0.5, 0.6) is 0 Å². The molecule has 0 aliphatic carbocycles. The summed E-state index contributed by atoms with van der Waals surface area (Å²) in [6, 6.07) is -0.237. The Morgan fingerprint density at radius 1 is 1.62 bits per heavy atom. The molecule has 1 atom stereocenters. The number of esters is 1. The van der Waals surface area contributed by atoms with E-state index >= 15 is 0 Å². The van der Waals surface area contributed by atoms with E-state index in [1.54, 1.807) is 10.9 Å². The van der Waals surface area contributed by atoms with E-state index in [1.807, 2.05) is 27.0 Å². The third kappa shape index (κ3) is 3.06. The Kier molecular flexibility index (Phi) is 4.49. The van der Waals surface area contributed by atoms with E-state index < -0.39 is 6.04 Å². The molecular formula is C11H19N3O2. The van der Waals surface area contributed by atoms with Crippen LogP contribution in [0.15, 0.2) is 12.4 Å². The van der Waals surface area contributed by atoms with E-state index in [9.17, 15) is 4.79 Å². The highest BCUT2D eigenvalue weighted by Gasteiger charge is 2.23. The zero-order valence-corrected chi connectivity index (χ0v) is 10.2. The molecule has 1 aromatic heterocycles. The van der Waals surface area contributed by atoms with Gasteiger partial charge in [0.25, 0.3) is 0 Å². The van der Waals surface area contributed by atoms with E-state index in [2.05, 4.69) is 10.4 Å². The van der Waals surface area contributed by atoms with Gasteiger partial charge in [-0.05, 0) is 20.8 Å². The number of carbonyl (C=O) groups is 1. The number of rotatable bonds is 5. The van der Waals surface area contributed by atoms with Crippen molar-refractivity contribution in [3.05, 3.63) is 18.0 Å². The minimum atomic E-state index is -0.440. The number of nitrogens with one attached hydrogen (secondary N) is 1. The fourth-order valence-electron chi connectivity index (χ4n) is 1.45. The van der Waals surface area contributed by atoms with Crippen LogP contribution in [0.2, 0.25) is 0 Å². The number of hydrogen-bond donors (Lipinski definition) is 1. The largest absolute Gasteiger partial charge is 0.468 e. The molecule has 0 bridgehead atoms. The number of methoxy groups -OCH3 is 1. The first kappa shape index (κ1) is 12.7. The Bertz CT molecular complexity index is 347. The molecule has 0 amide bonds. The zero-order valence-electron chi connectivity index (χ0n) is 10.2. The molecule has 0 fully saturated rings. The Hall–Kier alpha value is -1.36. The van der Waals surface area contributed by atoms with Crippen molar-refractivity contribution in [1.82, 2.24) is 15.1 Å². The van der Waals surface area contributed by atoms with E-state index in [1.165, 1.54) is 7.11 Å². The molecule has 5 heteroatoms. The molecular weight excluding hydrogens is 206 g/mol. The van der Waals surface area contributed by atoms with Crippen molar-refractivity contribution in [2.45, 2.75) is 39.4 Å². The van der Waals surface area contributed by atoms with Crippen LogP contribution in [0.4, 0.5) is 0 Å². The van der Waals surface area contributed by atoms with Gasteiger partial charge in [0.15, 0.2) is 0 Å². The third-order valence-electron chi connectivity index (χ3n) is 2.25. The van der Waals surface area contributed by atoms with Crippen LogP contribution in [0, 0.1) is 0 Å². The van der Waals surface area contributed by atoms with E-state index in [0.29, 0.717) is 0 Å². The highest BCUT2D eigenvalue weighted by atomic mass is 16.5. The molecule has 1 aromatic rings. The lowest BCUT2D eigenvalue weighted by Crippen LogP contribution is -2.34. The standard InChI is InChI=1S/C11H19N3O2/c1-5-14-7-9(6-12-14)10(11(15)16-4)13-8(2)3/h6-8,10,13H,5H2,1-4H3. The van der Waals surface area contributed by atoms with Gasteiger partial charge in [0.05, 0.1) is 13.3 Å². The number of aromatic nitrogens is 2. The number of ether oxygens (including phenoxy) is 1. The van der Waals surface area contributed by atoms with Gasteiger partial charge in [0.2, 0.25) is 0 Å². The Labute approximate surface area is 95.8 Å². The number of aryl methyl sites for hydroxylation is 1. The smallest absolute Gasteiger partial charge is 0.327 e. The van der Waals surface area contributed by atoms with Crippen molar-refractivity contribution >= 4 is 5.97 Å². The minimum absolute atomic E-state index is 0.203. The molecule has 16 heavy (non-hydrogen) atoms. The Balaban J connectivity index is 2.86. The Morgan fingerprint density at radius 2 is 2.31 bits per heavy atom. The summed E-state index contributed by atoms with van der Waals surface area (Å²) in [4.78, 5) is 11.6. The molecule has 0 aliphatic rings. The number of carbonyl (C=O) groups excluding carboxylic acids is 1. The van der Waals surface area contributed by atoms with E-state index in [4.69, 9.17) is 4.74 Å². The molecule has 0 spiro atoms. The Morgan fingerprint density at radius 3 is 2.75 bits per heavy atom.